The fraction of sp³-hybridized carbons (Fsp3) is 0.353. The molecule has 2 bridgehead atoms. The molecule has 2 aliphatic rings. The first kappa shape index (κ1) is 31.1. The van der Waals surface area contributed by atoms with Crippen LogP contribution in [0.4, 0.5) is 5.69 Å². The van der Waals surface area contributed by atoms with E-state index in [0.717, 1.165) is 35.2 Å². The molecule has 2 atom stereocenters. The van der Waals surface area contributed by atoms with Crippen molar-refractivity contribution < 1.29 is 18.9 Å². The van der Waals surface area contributed by atoms with Crippen LogP contribution in [0.2, 0.25) is 10.0 Å². The lowest BCUT2D eigenvalue weighted by Gasteiger charge is -2.31. The second-order valence-corrected chi connectivity index (χ2v) is 11.7. The lowest BCUT2D eigenvalue weighted by molar-refractivity contribution is 0.0991. The molecule has 0 aliphatic carbocycles. The van der Waals surface area contributed by atoms with Gasteiger partial charge in [-0.3, -0.25) is 9.78 Å². The number of hydrogen-bond acceptors (Lipinski definition) is 8. The molecule has 234 valence electrons. The Bertz CT molecular complexity index is 1890. The Balaban J connectivity index is 1.51. The van der Waals surface area contributed by atoms with Gasteiger partial charge in [-0.25, -0.2) is 0 Å². The standard InChI is InChI=1S/C34H34Cl2N4O5/c1-5-39-26-13-25(38-16-20(26)11-24(34(39)41)31-32(35)29(43-3)15-30(44-4)33(31)36)23-10-19(8-6-7-9-37)27(14-28(23)42-2)40-17-22-12-21(40)18-45-22/h10-11,13-16,21-22H,5,8-9,12,17-18,37H2,1-4H3/t21-,22-/m1/s1. The quantitative estimate of drug-likeness (QED) is 0.248. The Morgan fingerprint density at radius 3 is 2.33 bits per heavy atom. The molecule has 2 aliphatic heterocycles. The lowest BCUT2D eigenvalue weighted by atomic mass is 9.99. The van der Waals surface area contributed by atoms with Crippen LogP contribution in [-0.4, -0.2) is 62.7 Å². The largest absolute Gasteiger partial charge is 0.496 e. The third kappa shape index (κ3) is 5.46. The molecule has 0 radical (unpaired) electrons. The lowest BCUT2D eigenvalue weighted by Crippen LogP contribution is -2.37. The maximum absolute atomic E-state index is 14.0. The van der Waals surface area contributed by atoms with Crippen molar-refractivity contribution in [3.8, 4) is 51.5 Å². The number of benzene rings is 2. The van der Waals surface area contributed by atoms with E-state index >= 15 is 0 Å². The number of ether oxygens (including phenoxy) is 4. The van der Waals surface area contributed by atoms with Crippen LogP contribution >= 0.6 is 23.2 Å². The summed E-state index contributed by atoms with van der Waals surface area (Å²) in [6, 6.07) is 9.74. The second kappa shape index (κ2) is 12.8. The molecule has 2 saturated heterocycles. The van der Waals surface area contributed by atoms with Crippen LogP contribution < -0.4 is 30.4 Å². The van der Waals surface area contributed by atoms with Crippen molar-refractivity contribution in [1.29, 1.82) is 0 Å². The number of halogens is 2. The zero-order chi connectivity index (χ0) is 31.8. The minimum Gasteiger partial charge on any atom is -0.496 e. The minimum absolute atomic E-state index is 0.222. The Morgan fingerprint density at radius 2 is 1.73 bits per heavy atom. The summed E-state index contributed by atoms with van der Waals surface area (Å²) in [5.74, 6) is 7.56. The number of anilines is 1. The Labute approximate surface area is 271 Å². The highest BCUT2D eigenvalue weighted by molar-refractivity contribution is 6.41. The van der Waals surface area contributed by atoms with Crippen LogP contribution in [0.5, 0.6) is 17.2 Å². The summed E-state index contributed by atoms with van der Waals surface area (Å²) in [4.78, 5) is 21.3. The van der Waals surface area contributed by atoms with E-state index in [1.165, 1.54) is 14.2 Å². The van der Waals surface area contributed by atoms with E-state index in [2.05, 4.69) is 28.9 Å². The Kier molecular flexibility index (Phi) is 8.85. The van der Waals surface area contributed by atoms with Gasteiger partial charge in [0.1, 0.15) is 17.2 Å². The van der Waals surface area contributed by atoms with Crippen molar-refractivity contribution in [2.75, 3.05) is 45.9 Å². The first-order valence-electron chi connectivity index (χ1n) is 14.7. The average molecular weight is 650 g/mol. The van der Waals surface area contributed by atoms with E-state index in [0.29, 0.717) is 71.7 Å². The number of pyridine rings is 2. The van der Waals surface area contributed by atoms with Gasteiger partial charge in [0.2, 0.25) is 0 Å². The molecule has 4 aromatic rings. The van der Waals surface area contributed by atoms with Gasteiger partial charge in [0.05, 0.1) is 73.4 Å². The highest BCUT2D eigenvalue weighted by Crippen LogP contribution is 2.46. The van der Waals surface area contributed by atoms with E-state index < -0.39 is 0 Å². The normalized spacial score (nSPS) is 17.0. The van der Waals surface area contributed by atoms with Gasteiger partial charge in [-0.15, -0.1) is 0 Å². The molecular formula is C34H34Cl2N4O5. The third-order valence-corrected chi connectivity index (χ3v) is 9.28. The highest BCUT2D eigenvalue weighted by atomic mass is 35.5. The number of rotatable bonds is 8. The number of nitrogens with zero attached hydrogens (tertiary/aromatic N) is 3. The molecule has 9 nitrogen and oxygen atoms in total. The van der Waals surface area contributed by atoms with Gasteiger partial charge in [-0.1, -0.05) is 35.0 Å². The molecule has 2 aromatic heterocycles. The predicted molar refractivity (Wildman–Crippen MR) is 178 cm³/mol. The molecule has 2 fully saturated rings. The number of aryl methyl sites for hydroxylation is 1. The molecule has 2 N–H and O–H groups in total. The molecule has 4 heterocycles. The van der Waals surface area contributed by atoms with Gasteiger partial charge >= 0.3 is 0 Å². The summed E-state index contributed by atoms with van der Waals surface area (Å²) in [6.07, 6.45) is 3.53. The van der Waals surface area contributed by atoms with E-state index in [4.69, 9.17) is 52.9 Å². The van der Waals surface area contributed by atoms with E-state index in [9.17, 15) is 4.79 Å². The molecule has 0 saturated carbocycles. The molecule has 11 heteroatoms. The number of methoxy groups -OCH3 is 3. The molecule has 0 unspecified atom stereocenters. The molecule has 45 heavy (non-hydrogen) atoms. The van der Waals surface area contributed by atoms with Gasteiger partial charge < -0.3 is 34.1 Å². The molecule has 0 spiro atoms. The molecular weight excluding hydrogens is 615 g/mol. The smallest absolute Gasteiger partial charge is 0.259 e. The van der Waals surface area contributed by atoms with Crippen LogP contribution in [0.25, 0.3) is 33.3 Å². The van der Waals surface area contributed by atoms with E-state index in [-0.39, 0.29) is 21.7 Å². The summed E-state index contributed by atoms with van der Waals surface area (Å²) >= 11 is 13.4. The fourth-order valence-corrected chi connectivity index (χ4v) is 7.06. The fourth-order valence-electron chi connectivity index (χ4n) is 6.35. The monoisotopic (exact) mass is 648 g/mol. The van der Waals surface area contributed by atoms with Crippen LogP contribution in [-0.2, 0) is 17.7 Å². The molecule has 6 rings (SSSR count). The summed E-state index contributed by atoms with van der Waals surface area (Å²) in [5.41, 5.74) is 10.4. The van der Waals surface area contributed by atoms with Crippen LogP contribution in [0, 0.1) is 11.8 Å². The number of aromatic nitrogens is 2. The zero-order valence-electron chi connectivity index (χ0n) is 25.6. The Morgan fingerprint density at radius 1 is 1.00 bits per heavy atom. The average Bonchev–Trinajstić information content (AvgIpc) is 3.69. The minimum atomic E-state index is -0.257. The van der Waals surface area contributed by atoms with E-state index in [1.54, 1.807) is 30.0 Å². The van der Waals surface area contributed by atoms with Gasteiger partial charge in [-0.2, -0.15) is 0 Å². The van der Waals surface area contributed by atoms with Crippen LogP contribution in [0.3, 0.4) is 0 Å². The van der Waals surface area contributed by atoms with Crippen LogP contribution in [0.1, 0.15) is 18.9 Å². The SMILES string of the molecule is CCn1c(=O)c(-c2c(Cl)c(OC)cc(OC)c2Cl)cc2cnc(-c3cc(CC#CCN)c(N4C[C@H]5C[C@@H]4CO5)cc3OC)cc21. The molecule has 2 aromatic carbocycles. The second-order valence-electron chi connectivity index (χ2n) is 10.9. The predicted octanol–water partition coefficient (Wildman–Crippen LogP) is 5.57. The summed E-state index contributed by atoms with van der Waals surface area (Å²) in [7, 11) is 4.64. The number of nitrogens with two attached hydrogens (primary N) is 1. The summed E-state index contributed by atoms with van der Waals surface area (Å²) in [6.45, 7) is 4.15. The topological polar surface area (TPSA) is 101 Å². The van der Waals surface area contributed by atoms with Gasteiger partial charge in [0, 0.05) is 60.0 Å². The maximum atomic E-state index is 14.0. The summed E-state index contributed by atoms with van der Waals surface area (Å²) < 4.78 is 24.3. The van der Waals surface area contributed by atoms with Gasteiger partial charge in [0.25, 0.3) is 5.56 Å². The first-order valence-corrected chi connectivity index (χ1v) is 15.5. The zero-order valence-corrected chi connectivity index (χ0v) is 27.1. The number of morpholine rings is 1. The van der Waals surface area contributed by atoms with Crippen molar-refractivity contribution in [2.45, 2.75) is 38.5 Å². The van der Waals surface area contributed by atoms with Crippen molar-refractivity contribution in [1.82, 2.24) is 9.55 Å². The van der Waals surface area contributed by atoms with E-state index in [1.807, 2.05) is 13.0 Å². The Hall–Kier alpha value is -3.94. The number of hydrogen-bond donors (Lipinski definition) is 1. The first-order chi connectivity index (χ1) is 21.8. The van der Waals surface area contributed by atoms with Gasteiger partial charge in [0.15, 0.2) is 0 Å². The van der Waals surface area contributed by atoms with Crippen LogP contribution in [0.15, 0.2) is 41.3 Å². The van der Waals surface area contributed by atoms with Gasteiger partial charge in [-0.05, 0) is 37.1 Å². The van der Waals surface area contributed by atoms with Crippen molar-refractivity contribution >= 4 is 39.8 Å². The maximum Gasteiger partial charge on any atom is 0.259 e. The molecule has 0 amide bonds. The highest BCUT2D eigenvalue weighted by Gasteiger charge is 2.40. The summed E-state index contributed by atoms with van der Waals surface area (Å²) in [5, 5.41) is 1.18. The third-order valence-electron chi connectivity index (χ3n) is 8.53. The van der Waals surface area contributed by atoms with Crippen molar-refractivity contribution in [3.05, 3.63) is 62.5 Å². The number of fused-ring (bicyclic) bond motifs is 3. The van der Waals surface area contributed by atoms with Crippen molar-refractivity contribution in [2.24, 2.45) is 5.73 Å². The van der Waals surface area contributed by atoms with Crippen molar-refractivity contribution in [3.63, 3.8) is 0 Å².